The minimum absolute atomic E-state index is 0.0364. The van der Waals surface area contributed by atoms with Crippen LogP contribution in [0.15, 0.2) is 199 Å². The van der Waals surface area contributed by atoms with Crippen LogP contribution in [0.5, 0.6) is 0 Å². The zero-order valence-electron chi connectivity index (χ0n) is 36.5. The SMILES string of the molecule is C=C(/N=C(\C=C(/N)c1c2ccccc2c(-c2ccc3c(c2)C2=C(C=CCC2)C3(C)C)c2cc(-c3ccc4c(c3)C(C)(C)c3ccccc3-4)ccc12)c1ccccc1)c1ccccc1. The minimum Gasteiger partial charge on any atom is -0.398 e. The van der Waals surface area contributed by atoms with Gasteiger partial charge in [0.05, 0.1) is 11.4 Å². The molecule has 0 atom stereocenters. The van der Waals surface area contributed by atoms with Crippen molar-refractivity contribution in [2.75, 3.05) is 0 Å². The molecule has 0 aliphatic heterocycles. The maximum absolute atomic E-state index is 7.47. The Balaban J connectivity index is 1.16. The largest absolute Gasteiger partial charge is 0.398 e. The summed E-state index contributed by atoms with van der Waals surface area (Å²) in [5, 5.41) is 4.54. The van der Waals surface area contributed by atoms with E-state index in [1.54, 1.807) is 0 Å². The third-order valence-corrected chi connectivity index (χ3v) is 14.1. The first-order valence-electron chi connectivity index (χ1n) is 22.2. The van der Waals surface area contributed by atoms with Gasteiger partial charge in [-0.1, -0.05) is 192 Å². The topological polar surface area (TPSA) is 38.4 Å². The van der Waals surface area contributed by atoms with Gasteiger partial charge in [-0.3, -0.25) is 0 Å². The molecule has 2 heteroatoms. The van der Waals surface area contributed by atoms with E-state index < -0.39 is 0 Å². The van der Waals surface area contributed by atoms with Crippen LogP contribution in [0.4, 0.5) is 0 Å². The summed E-state index contributed by atoms with van der Waals surface area (Å²) in [5.74, 6) is 0. The van der Waals surface area contributed by atoms with Crippen LogP contribution in [0.2, 0.25) is 0 Å². The molecule has 0 aromatic heterocycles. The highest BCUT2D eigenvalue weighted by molar-refractivity contribution is 6.22. The monoisotopic (exact) mass is 810 g/mol. The van der Waals surface area contributed by atoms with Crippen LogP contribution in [0.3, 0.4) is 0 Å². The minimum atomic E-state index is -0.101. The first-order valence-corrected chi connectivity index (χ1v) is 22.2. The fourth-order valence-corrected chi connectivity index (χ4v) is 10.9. The number of hydrogen-bond donors (Lipinski definition) is 1. The maximum atomic E-state index is 7.47. The zero-order chi connectivity index (χ0) is 43.0. The standard InChI is InChI=1S/C61H50N2/c1-38(39-18-8-6-9-19-39)63-57(40-20-10-7-11-21-40)37-56(62)59-48-25-13-12-24-47(48)58(43-30-33-54-50(35-43)45-23-15-17-27-53(45)60(54,2)3)51-34-41(29-32-49(51)59)42-28-31-46-44-22-14-16-26-52(44)61(4,5)55(46)36-42/h6-14,16-22,24-37H,1,15,23,62H2,2-5H3/b56-37-,63-57+. The van der Waals surface area contributed by atoms with Gasteiger partial charge in [0.1, 0.15) is 0 Å². The summed E-state index contributed by atoms with van der Waals surface area (Å²) in [6.07, 6.45) is 8.90. The van der Waals surface area contributed by atoms with Crippen LogP contribution in [0.1, 0.15) is 79.5 Å². The van der Waals surface area contributed by atoms with Crippen LogP contribution in [-0.2, 0) is 10.8 Å². The van der Waals surface area contributed by atoms with Gasteiger partial charge in [-0.25, -0.2) is 4.99 Å². The predicted molar refractivity (Wildman–Crippen MR) is 269 cm³/mol. The Bertz CT molecular complexity index is 3330. The van der Waals surface area contributed by atoms with Crippen molar-refractivity contribution in [2.45, 2.75) is 51.4 Å². The molecule has 0 radical (unpaired) electrons. The van der Waals surface area contributed by atoms with Gasteiger partial charge in [0.15, 0.2) is 0 Å². The zero-order valence-corrected chi connectivity index (χ0v) is 36.5. The van der Waals surface area contributed by atoms with E-state index in [0.717, 1.165) is 46.0 Å². The van der Waals surface area contributed by atoms with Crippen LogP contribution in [0.25, 0.3) is 71.9 Å². The Kier molecular flexibility index (Phi) is 8.99. The lowest BCUT2D eigenvalue weighted by Gasteiger charge is -2.24. The molecule has 3 aliphatic rings. The number of hydrogen-bond acceptors (Lipinski definition) is 2. The Hall–Kier alpha value is -7.29. The molecular weight excluding hydrogens is 761 g/mol. The van der Waals surface area contributed by atoms with Crippen LogP contribution >= 0.6 is 0 Å². The molecule has 63 heavy (non-hydrogen) atoms. The number of nitrogens with two attached hydrogens (primary N) is 1. The lowest BCUT2D eigenvalue weighted by molar-refractivity contribution is 0.651. The molecular formula is C61H50N2. The highest BCUT2D eigenvalue weighted by Crippen LogP contribution is 2.53. The molecule has 2 nitrogen and oxygen atoms in total. The summed E-state index contributed by atoms with van der Waals surface area (Å²) >= 11 is 0. The van der Waals surface area contributed by atoms with Gasteiger partial charge in [0, 0.05) is 27.7 Å². The second kappa shape index (κ2) is 14.7. The van der Waals surface area contributed by atoms with Crippen LogP contribution in [0, 0.1) is 0 Å². The summed E-state index contributed by atoms with van der Waals surface area (Å²) in [5.41, 5.74) is 28.3. The Labute approximate surface area is 371 Å². The Morgan fingerprint density at radius 2 is 1.17 bits per heavy atom. The summed E-state index contributed by atoms with van der Waals surface area (Å²) in [4.78, 5) is 5.15. The smallest absolute Gasteiger partial charge is 0.0729 e. The molecule has 304 valence electrons. The Morgan fingerprint density at radius 1 is 0.556 bits per heavy atom. The van der Waals surface area contributed by atoms with Crippen LogP contribution in [-0.4, -0.2) is 5.71 Å². The lowest BCUT2D eigenvalue weighted by Crippen LogP contribution is -2.16. The van der Waals surface area contributed by atoms with Crippen molar-refractivity contribution >= 4 is 44.2 Å². The normalized spacial score (nSPS) is 15.9. The molecule has 0 fully saturated rings. The van der Waals surface area contributed by atoms with E-state index in [0.29, 0.717) is 11.4 Å². The van der Waals surface area contributed by atoms with Gasteiger partial charge in [-0.05, 0) is 131 Å². The van der Waals surface area contributed by atoms with Crippen molar-refractivity contribution in [2.24, 2.45) is 10.7 Å². The van der Waals surface area contributed by atoms with Gasteiger partial charge in [-0.2, -0.15) is 0 Å². The third kappa shape index (κ3) is 6.19. The first-order chi connectivity index (χ1) is 30.6. The molecule has 0 spiro atoms. The number of allylic oxidation sites excluding steroid dienone is 5. The quantitative estimate of drug-likeness (QED) is 0.126. The molecule has 2 N–H and O–H groups in total. The number of benzene rings is 8. The summed E-state index contributed by atoms with van der Waals surface area (Å²) in [6, 6.07) is 59.4. The van der Waals surface area contributed by atoms with Gasteiger partial charge >= 0.3 is 0 Å². The Morgan fingerprint density at radius 3 is 1.97 bits per heavy atom. The molecule has 0 saturated carbocycles. The third-order valence-electron chi connectivity index (χ3n) is 14.1. The highest BCUT2D eigenvalue weighted by atomic mass is 14.8. The maximum Gasteiger partial charge on any atom is 0.0729 e. The van der Waals surface area contributed by atoms with Gasteiger partial charge < -0.3 is 5.73 Å². The average molecular weight is 811 g/mol. The average Bonchev–Trinajstić information content (AvgIpc) is 3.69. The van der Waals surface area contributed by atoms with Gasteiger partial charge in [0.25, 0.3) is 0 Å². The summed E-state index contributed by atoms with van der Waals surface area (Å²) in [6.45, 7) is 13.9. The van der Waals surface area contributed by atoms with Crippen molar-refractivity contribution < 1.29 is 0 Å². The predicted octanol–water partition coefficient (Wildman–Crippen LogP) is 15.5. The number of aliphatic imine (C=N–C) groups is 1. The van der Waals surface area contributed by atoms with E-state index in [1.807, 2.05) is 54.6 Å². The van der Waals surface area contributed by atoms with E-state index in [2.05, 4.69) is 162 Å². The number of nitrogens with zero attached hydrogens (tertiary/aromatic N) is 1. The fourth-order valence-electron chi connectivity index (χ4n) is 10.9. The molecule has 3 aliphatic carbocycles. The van der Waals surface area contributed by atoms with Crippen molar-refractivity contribution in [3.63, 3.8) is 0 Å². The van der Waals surface area contributed by atoms with E-state index in [4.69, 9.17) is 10.7 Å². The molecule has 11 rings (SSSR count). The van der Waals surface area contributed by atoms with E-state index in [-0.39, 0.29) is 10.8 Å². The van der Waals surface area contributed by atoms with E-state index in [9.17, 15) is 0 Å². The van der Waals surface area contributed by atoms with Crippen molar-refractivity contribution in [1.29, 1.82) is 0 Å². The van der Waals surface area contributed by atoms with Crippen LogP contribution < -0.4 is 5.73 Å². The highest BCUT2D eigenvalue weighted by Gasteiger charge is 2.38. The molecule has 0 bridgehead atoms. The molecule has 8 aromatic carbocycles. The van der Waals surface area contributed by atoms with E-state index >= 15 is 0 Å². The fraction of sp³-hybridized carbons (Fsp3) is 0.131. The van der Waals surface area contributed by atoms with Gasteiger partial charge in [0.2, 0.25) is 0 Å². The van der Waals surface area contributed by atoms with E-state index in [1.165, 1.54) is 77.6 Å². The number of rotatable bonds is 7. The second-order valence-corrected chi connectivity index (χ2v) is 18.5. The van der Waals surface area contributed by atoms with Crippen molar-refractivity contribution in [1.82, 2.24) is 0 Å². The molecule has 8 aromatic rings. The second-order valence-electron chi connectivity index (χ2n) is 18.5. The lowest BCUT2D eigenvalue weighted by atomic mass is 9.79. The van der Waals surface area contributed by atoms with Crippen molar-refractivity contribution in [3.8, 4) is 33.4 Å². The van der Waals surface area contributed by atoms with Crippen molar-refractivity contribution in [3.05, 3.63) is 233 Å². The van der Waals surface area contributed by atoms with Gasteiger partial charge in [-0.15, -0.1) is 0 Å². The number of fused-ring (bicyclic) bond motifs is 7. The molecule has 0 unspecified atom stereocenters. The molecule has 0 saturated heterocycles. The summed E-state index contributed by atoms with van der Waals surface area (Å²) in [7, 11) is 0. The molecule has 0 amide bonds. The first kappa shape index (κ1) is 38.6. The summed E-state index contributed by atoms with van der Waals surface area (Å²) < 4.78 is 0. The molecule has 0 heterocycles.